The number of hydrogen-bond acceptors (Lipinski definition) is 5. The molecule has 0 fully saturated rings. The fourth-order valence-corrected chi connectivity index (χ4v) is 1.98. The van der Waals surface area contributed by atoms with Gasteiger partial charge in [-0.25, -0.2) is 14.6 Å². The number of nitrogens with zero attached hydrogens (tertiary/aromatic N) is 4. The van der Waals surface area contributed by atoms with Crippen LogP contribution in [0.3, 0.4) is 0 Å². The van der Waals surface area contributed by atoms with E-state index in [4.69, 9.17) is 0 Å². The van der Waals surface area contributed by atoms with E-state index in [0.29, 0.717) is 0 Å². The Labute approximate surface area is 98.3 Å². The minimum absolute atomic E-state index is 0.834. The number of rotatable bonds is 4. The summed E-state index contributed by atoms with van der Waals surface area (Å²) >= 11 is 1.50. The van der Waals surface area contributed by atoms with Crippen molar-refractivity contribution in [3.8, 4) is 0 Å². The van der Waals surface area contributed by atoms with Crippen LogP contribution in [0.25, 0.3) is 0 Å². The van der Waals surface area contributed by atoms with E-state index < -0.39 is 0 Å². The van der Waals surface area contributed by atoms with Gasteiger partial charge in [-0.3, -0.25) is 0 Å². The van der Waals surface area contributed by atoms with Gasteiger partial charge >= 0.3 is 0 Å². The largest absolute Gasteiger partial charge is 0.370 e. The summed E-state index contributed by atoms with van der Waals surface area (Å²) in [5.41, 5.74) is 0. The molecule has 6 heteroatoms. The maximum absolute atomic E-state index is 4.45. The van der Waals surface area contributed by atoms with Gasteiger partial charge in [0.2, 0.25) is 0 Å². The lowest BCUT2D eigenvalue weighted by Crippen LogP contribution is -1.99. The Morgan fingerprint density at radius 3 is 3.00 bits per heavy atom. The average molecular weight is 235 g/mol. The van der Waals surface area contributed by atoms with Crippen LogP contribution in [0, 0.1) is 0 Å². The monoisotopic (exact) mass is 235 g/mol. The highest BCUT2D eigenvalue weighted by Gasteiger charge is 2.04. The molecule has 0 aliphatic carbocycles. The zero-order chi connectivity index (χ0) is 11.4. The second-order valence-corrected chi connectivity index (χ2v) is 4.15. The van der Waals surface area contributed by atoms with Crippen LogP contribution in [0.1, 0.15) is 6.92 Å². The summed E-state index contributed by atoms with van der Waals surface area (Å²) in [5, 5.41) is 8.93. The van der Waals surface area contributed by atoms with Crippen LogP contribution < -0.4 is 5.32 Å². The van der Waals surface area contributed by atoms with Crippen LogP contribution in [0.2, 0.25) is 0 Å². The van der Waals surface area contributed by atoms with Crippen molar-refractivity contribution in [3.05, 3.63) is 24.5 Å². The molecule has 0 saturated carbocycles. The predicted octanol–water partition coefficient (Wildman–Crippen LogP) is 1.79. The first kappa shape index (κ1) is 10.9. The third-order valence-electron chi connectivity index (χ3n) is 1.95. The molecule has 2 heterocycles. The average Bonchev–Trinajstić information content (AvgIpc) is 2.66. The van der Waals surface area contributed by atoms with Gasteiger partial charge in [-0.15, -0.1) is 0 Å². The van der Waals surface area contributed by atoms with Gasteiger partial charge in [0.05, 0.1) is 0 Å². The van der Waals surface area contributed by atoms with Crippen molar-refractivity contribution < 1.29 is 0 Å². The van der Waals surface area contributed by atoms with Gasteiger partial charge in [-0.2, -0.15) is 5.10 Å². The van der Waals surface area contributed by atoms with Crippen LogP contribution >= 0.6 is 11.8 Å². The van der Waals surface area contributed by atoms with Crippen molar-refractivity contribution in [1.82, 2.24) is 19.7 Å². The lowest BCUT2D eigenvalue weighted by atomic mass is 10.4. The van der Waals surface area contributed by atoms with Crippen molar-refractivity contribution in [2.45, 2.75) is 17.1 Å². The fourth-order valence-electron chi connectivity index (χ4n) is 1.22. The predicted molar refractivity (Wildman–Crippen MR) is 63.5 cm³/mol. The maximum atomic E-state index is 4.45. The second-order valence-electron chi connectivity index (χ2n) is 3.16. The molecule has 0 bridgehead atoms. The number of pyridine rings is 1. The van der Waals surface area contributed by atoms with Crippen LogP contribution in [-0.2, 0) is 7.05 Å². The molecule has 2 aromatic rings. The van der Waals surface area contributed by atoms with E-state index in [-0.39, 0.29) is 0 Å². The molecule has 0 saturated heterocycles. The molecule has 1 N–H and O–H groups in total. The molecule has 0 atom stereocenters. The molecule has 84 valence electrons. The molecule has 0 aromatic carbocycles. The van der Waals surface area contributed by atoms with E-state index in [1.54, 1.807) is 4.68 Å². The first-order valence-electron chi connectivity index (χ1n) is 5.02. The summed E-state index contributed by atoms with van der Waals surface area (Å²) in [4.78, 5) is 8.59. The van der Waals surface area contributed by atoms with Gasteiger partial charge in [-0.05, 0) is 30.8 Å². The topological polar surface area (TPSA) is 55.6 Å². The third kappa shape index (κ3) is 2.52. The van der Waals surface area contributed by atoms with Crippen LogP contribution in [0.5, 0.6) is 0 Å². The molecule has 0 unspecified atom stereocenters. The van der Waals surface area contributed by atoms with E-state index in [2.05, 4.69) is 20.4 Å². The quantitative estimate of drug-likeness (QED) is 0.875. The molecule has 0 amide bonds. The van der Waals surface area contributed by atoms with Crippen molar-refractivity contribution in [2.24, 2.45) is 7.05 Å². The summed E-state index contributed by atoms with van der Waals surface area (Å²) in [6, 6.07) is 5.88. The number of anilines is 1. The van der Waals surface area contributed by atoms with Crippen molar-refractivity contribution in [2.75, 3.05) is 11.9 Å². The Morgan fingerprint density at radius 2 is 2.31 bits per heavy atom. The van der Waals surface area contributed by atoms with Crippen molar-refractivity contribution >= 4 is 17.6 Å². The van der Waals surface area contributed by atoms with Crippen molar-refractivity contribution in [1.29, 1.82) is 0 Å². The molecule has 5 nitrogen and oxygen atoms in total. The summed E-state index contributed by atoms with van der Waals surface area (Å²) in [7, 11) is 1.86. The first-order valence-corrected chi connectivity index (χ1v) is 5.84. The molecule has 0 aliphatic heterocycles. The minimum Gasteiger partial charge on any atom is -0.370 e. The molecule has 0 aliphatic rings. The summed E-state index contributed by atoms with van der Waals surface area (Å²) < 4.78 is 1.73. The molecule has 2 aromatic heterocycles. The molecular weight excluding hydrogens is 222 g/mol. The number of aryl methyl sites for hydroxylation is 1. The lowest BCUT2D eigenvalue weighted by molar-refractivity contribution is 0.684. The fraction of sp³-hybridized carbons (Fsp3) is 0.300. The molecule has 0 radical (unpaired) electrons. The highest BCUT2D eigenvalue weighted by molar-refractivity contribution is 7.99. The zero-order valence-corrected chi connectivity index (χ0v) is 10.0. The second kappa shape index (κ2) is 4.98. The lowest BCUT2D eigenvalue weighted by Gasteiger charge is -2.04. The third-order valence-corrected chi connectivity index (χ3v) is 2.94. The highest BCUT2D eigenvalue weighted by atomic mass is 32.2. The number of hydrogen-bond donors (Lipinski definition) is 1. The molecule has 0 spiro atoms. The van der Waals surface area contributed by atoms with Gasteiger partial charge in [0.25, 0.3) is 0 Å². The Morgan fingerprint density at radius 1 is 1.44 bits per heavy atom. The summed E-state index contributed by atoms with van der Waals surface area (Å²) in [6.07, 6.45) is 1.54. The van der Waals surface area contributed by atoms with Gasteiger partial charge < -0.3 is 5.32 Å². The smallest absolute Gasteiger partial charge is 0.192 e. The summed E-state index contributed by atoms with van der Waals surface area (Å²) in [5.74, 6) is 0.884. The van der Waals surface area contributed by atoms with Gasteiger partial charge in [-0.1, -0.05) is 6.07 Å². The standard InChI is InChI=1S/C10H13N5S/c1-3-11-8-5-4-6-9(14-8)16-10-12-7-13-15(10)2/h4-7H,3H2,1-2H3,(H,11,14). The van der Waals surface area contributed by atoms with Gasteiger partial charge in [0.15, 0.2) is 5.16 Å². The van der Waals surface area contributed by atoms with E-state index >= 15 is 0 Å². The number of aromatic nitrogens is 4. The number of nitrogens with one attached hydrogen (secondary N) is 1. The van der Waals surface area contributed by atoms with Crippen molar-refractivity contribution in [3.63, 3.8) is 0 Å². The van der Waals surface area contributed by atoms with Gasteiger partial charge in [0.1, 0.15) is 17.2 Å². The minimum atomic E-state index is 0.834. The van der Waals surface area contributed by atoms with Crippen LogP contribution in [-0.4, -0.2) is 26.3 Å². The first-order chi connectivity index (χ1) is 7.79. The van der Waals surface area contributed by atoms with E-state index in [9.17, 15) is 0 Å². The van der Waals surface area contributed by atoms with Crippen LogP contribution in [0.4, 0.5) is 5.82 Å². The SMILES string of the molecule is CCNc1cccc(Sc2ncnn2C)n1. The summed E-state index contributed by atoms with van der Waals surface area (Å²) in [6.45, 7) is 2.91. The van der Waals surface area contributed by atoms with E-state index in [1.165, 1.54) is 18.1 Å². The Bertz CT molecular complexity index is 468. The maximum Gasteiger partial charge on any atom is 0.192 e. The molecule has 16 heavy (non-hydrogen) atoms. The Kier molecular flexibility index (Phi) is 3.40. The zero-order valence-electron chi connectivity index (χ0n) is 9.21. The van der Waals surface area contributed by atoms with Crippen LogP contribution in [0.15, 0.2) is 34.7 Å². The molecule has 2 rings (SSSR count). The molecular formula is C10H13N5S. The highest BCUT2D eigenvalue weighted by Crippen LogP contribution is 2.23. The van der Waals surface area contributed by atoms with Gasteiger partial charge in [0, 0.05) is 13.6 Å². The Balaban J connectivity index is 2.15. The Hall–Kier alpha value is -1.56. The van der Waals surface area contributed by atoms with E-state index in [0.717, 1.165) is 22.5 Å². The van der Waals surface area contributed by atoms with E-state index in [1.807, 2.05) is 32.2 Å². The normalized spacial score (nSPS) is 10.4.